The van der Waals surface area contributed by atoms with Gasteiger partial charge in [-0.3, -0.25) is 0 Å². The van der Waals surface area contributed by atoms with Gasteiger partial charge in [-0.1, -0.05) is 0 Å². The van der Waals surface area contributed by atoms with Crippen LogP contribution in [-0.2, 0) is 0 Å². The highest BCUT2D eigenvalue weighted by atomic mass is 35.5. The summed E-state index contributed by atoms with van der Waals surface area (Å²) < 4.78 is 0. The van der Waals surface area contributed by atoms with E-state index in [-0.39, 0.29) is 18.3 Å². The number of nitrogens with two attached hydrogens (primary N) is 1. The molecule has 0 unspecified atom stereocenters. The predicted molar refractivity (Wildman–Crippen MR) is 33.6 cm³/mol. The number of nitrogens with zero attached hydrogens (tertiary/aromatic N) is 1. The standard InChI is InChI=1S/C5H8N2.ClH/c6-3-4-1-5(7)2-4;/h4-5H,1-2,7H2;1H/t4-,5-;. The second kappa shape index (κ2) is 2.91. The summed E-state index contributed by atoms with van der Waals surface area (Å²) >= 11 is 0. The van der Waals surface area contributed by atoms with Gasteiger partial charge in [0.2, 0.25) is 0 Å². The molecule has 0 aromatic rings. The molecule has 1 aliphatic carbocycles. The van der Waals surface area contributed by atoms with Crippen molar-refractivity contribution in [1.82, 2.24) is 0 Å². The molecule has 0 aliphatic heterocycles. The summed E-state index contributed by atoms with van der Waals surface area (Å²) in [7, 11) is 0. The van der Waals surface area contributed by atoms with E-state index in [1.165, 1.54) is 0 Å². The molecular weight excluding hydrogens is 124 g/mol. The van der Waals surface area contributed by atoms with Gasteiger partial charge >= 0.3 is 0 Å². The van der Waals surface area contributed by atoms with Gasteiger partial charge in [0.25, 0.3) is 0 Å². The average molecular weight is 133 g/mol. The molecule has 1 aliphatic rings. The second-order valence-electron chi connectivity index (χ2n) is 2.06. The van der Waals surface area contributed by atoms with Crippen LogP contribution in [0.4, 0.5) is 0 Å². The Balaban J connectivity index is 0.000000490. The van der Waals surface area contributed by atoms with Gasteiger partial charge in [-0.15, -0.1) is 12.4 Å². The van der Waals surface area contributed by atoms with Gasteiger partial charge in [0.05, 0.1) is 6.07 Å². The molecule has 0 bridgehead atoms. The van der Waals surface area contributed by atoms with Crippen molar-refractivity contribution in [1.29, 1.82) is 5.26 Å². The van der Waals surface area contributed by atoms with E-state index in [4.69, 9.17) is 11.0 Å². The van der Waals surface area contributed by atoms with Crippen molar-refractivity contribution >= 4 is 12.4 Å². The van der Waals surface area contributed by atoms with Crippen LogP contribution in [0.3, 0.4) is 0 Å². The van der Waals surface area contributed by atoms with E-state index in [0.717, 1.165) is 12.8 Å². The third-order valence-corrected chi connectivity index (χ3v) is 1.36. The summed E-state index contributed by atoms with van der Waals surface area (Å²) in [6.07, 6.45) is 1.83. The van der Waals surface area contributed by atoms with Crippen LogP contribution in [-0.4, -0.2) is 6.04 Å². The van der Waals surface area contributed by atoms with Crippen LogP contribution in [0.15, 0.2) is 0 Å². The van der Waals surface area contributed by atoms with E-state index in [0.29, 0.717) is 6.04 Å². The van der Waals surface area contributed by atoms with Crippen LogP contribution >= 0.6 is 12.4 Å². The highest BCUT2D eigenvalue weighted by Crippen LogP contribution is 2.23. The van der Waals surface area contributed by atoms with E-state index in [1.807, 2.05) is 0 Å². The highest BCUT2D eigenvalue weighted by molar-refractivity contribution is 5.85. The Morgan fingerprint density at radius 2 is 2.00 bits per heavy atom. The molecule has 2 nitrogen and oxygen atoms in total. The third kappa shape index (κ3) is 1.36. The van der Waals surface area contributed by atoms with Crippen molar-refractivity contribution in [2.45, 2.75) is 18.9 Å². The molecule has 1 rings (SSSR count). The number of nitriles is 1. The maximum atomic E-state index is 8.20. The lowest BCUT2D eigenvalue weighted by Gasteiger charge is -2.25. The van der Waals surface area contributed by atoms with Gasteiger partial charge in [-0.2, -0.15) is 5.26 Å². The van der Waals surface area contributed by atoms with E-state index >= 15 is 0 Å². The predicted octanol–water partition coefficient (Wildman–Crippen LogP) is 0.669. The highest BCUT2D eigenvalue weighted by Gasteiger charge is 2.24. The third-order valence-electron chi connectivity index (χ3n) is 1.36. The van der Waals surface area contributed by atoms with Crippen LogP contribution in [0.5, 0.6) is 0 Å². The summed E-state index contributed by atoms with van der Waals surface area (Å²) in [5, 5.41) is 8.20. The average Bonchev–Trinajstić information content (AvgIpc) is 1.58. The smallest absolute Gasteiger partial charge is 0.0657 e. The topological polar surface area (TPSA) is 49.8 Å². The Kier molecular flexibility index (Phi) is 2.81. The number of hydrogen-bond donors (Lipinski definition) is 1. The van der Waals surface area contributed by atoms with Gasteiger partial charge in [-0.25, -0.2) is 0 Å². The molecule has 2 N–H and O–H groups in total. The first kappa shape index (κ1) is 7.74. The van der Waals surface area contributed by atoms with Crippen molar-refractivity contribution in [2.24, 2.45) is 11.7 Å². The van der Waals surface area contributed by atoms with Crippen LogP contribution in [0, 0.1) is 17.2 Å². The molecule has 0 amide bonds. The molecule has 0 radical (unpaired) electrons. The fourth-order valence-corrected chi connectivity index (χ4v) is 0.767. The van der Waals surface area contributed by atoms with Crippen molar-refractivity contribution in [3.05, 3.63) is 0 Å². The van der Waals surface area contributed by atoms with E-state index in [9.17, 15) is 0 Å². The number of halogens is 1. The first-order chi connectivity index (χ1) is 3.33. The summed E-state index contributed by atoms with van der Waals surface area (Å²) in [6.45, 7) is 0. The molecule has 1 saturated carbocycles. The summed E-state index contributed by atoms with van der Waals surface area (Å²) in [5.41, 5.74) is 5.39. The van der Waals surface area contributed by atoms with Crippen molar-refractivity contribution in [2.75, 3.05) is 0 Å². The molecule has 8 heavy (non-hydrogen) atoms. The minimum atomic E-state index is 0. The quantitative estimate of drug-likeness (QED) is 0.527. The molecule has 0 saturated heterocycles. The minimum Gasteiger partial charge on any atom is -0.328 e. The molecule has 3 heteroatoms. The number of hydrogen-bond acceptors (Lipinski definition) is 2. The van der Waals surface area contributed by atoms with Crippen molar-refractivity contribution < 1.29 is 0 Å². The molecular formula is C5H9ClN2. The first-order valence-corrected chi connectivity index (χ1v) is 2.48. The summed E-state index contributed by atoms with van der Waals surface area (Å²) in [5.74, 6) is 0.273. The lowest BCUT2D eigenvalue weighted by atomic mass is 9.82. The Morgan fingerprint density at radius 1 is 1.50 bits per heavy atom. The molecule has 0 heterocycles. The van der Waals surface area contributed by atoms with E-state index in [2.05, 4.69) is 6.07 Å². The normalized spacial score (nSPS) is 34.0. The molecule has 0 aromatic carbocycles. The molecule has 46 valence electrons. The zero-order valence-electron chi connectivity index (χ0n) is 4.50. The van der Waals surface area contributed by atoms with Crippen molar-refractivity contribution in [3.8, 4) is 6.07 Å². The van der Waals surface area contributed by atoms with Gasteiger partial charge in [0, 0.05) is 12.0 Å². The minimum absolute atomic E-state index is 0. The van der Waals surface area contributed by atoms with Crippen LogP contribution < -0.4 is 5.73 Å². The zero-order valence-corrected chi connectivity index (χ0v) is 5.32. The zero-order chi connectivity index (χ0) is 5.28. The maximum absolute atomic E-state index is 8.20. The fourth-order valence-electron chi connectivity index (χ4n) is 0.767. The Hall–Kier alpha value is -0.260. The number of rotatable bonds is 0. The van der Waals surface area contributed by atoms with Gasteiger partial charge in [0.1, 0.15) is 0 Å². The van der Waals surface area contributed by atoms with E-state index < -0.39 is 0 Å². The van der Waals surface area contributed by atoms with E-state index in [1.54, 1.807) is 0 Å². The van der Waals surface area contributed by atoms with Crippen LogP contribution in [0.25, 0.3) is 0 Å². The molecule has 0 spiro atoms. The largest absolute Gasteiger partial charge is 0.328 e. The monoisotopic (exact) mass is 132 g/mol. The van der Waals surface area contributed by atoms with Crippen LogP contribution in [0.1, 0.15) is 12.8 Å². The fraction of sp³-hybridized carbons (Fsp3) is 0.800. The lowest BCUT2D eigenvalue weighted by molar-refractivity contribution is 0.332. The second-order valence-corrected chi connectivity index (χ2v) is 2.06. The van der Waals surface area contributed by atoms with Crippen molar-refractivity contribution in [3.63, 3.8) is 0 Å². The maximum Gasteiger partial charge on any atom is 0.0657 e. The molecule has 0 aromatic heterocycles. The molecule has 1 fully saturated rings. The Labute approximate surface area is 55.1 Å². The Bertz CT molecular complexity index is 101. The summed E-state index contributed by atoms with van der Waals surface area (Å²) in [6, 6.07) is 2.48. The molecule has 0 atom stereocenters. The van der Waals surface area contributed by atoms with Gasteiger partial charge in [-0.05, 0) is 12.8 Å². The Morgan fingerprint density at radius 3 is 2.12 bits per heavy atom. The lowest BCUT2D eigenvalue weighted by Crippen LogP contribution is -2.35. The van der Waals surface area contributed by atoms with Crippen LogP contribution in [0.2, 0.25) is 0 Å². The first-order valence-electron chi connectivity index (χ1n) is 2.48. The van der Waals surface area contributed by atoms with Gasteiger partial charge < -0.3 is 5.73 Å². The summed E-state index contributed by atoms with van der Waals surface area (Å²) in [4.78, 5) is 0. The SMILES string of the molecule is Cl.N#C[C@H]1C[C@H](N)C1. The van der Waals surface area contributed by atoms with Gasteiger partial charge in [0.15, 0.2) is 0 Å².